The molecule has 4 heteroatoms. The lowest BCUT2D eigenvalue weighted by Gasteiger charge is -2.18. The van der Waals surface area contributed by atoms with E-state index in [2.05, 4.69) is 0 Å². The molecule has 1 aromatic carbocycles. The number of benzene rings is 1. The summed E-state index contributed by atoms with van der Waals surface area (Å²) in [5.41, 5.74) is 11.0. The first kappa shape index (κ1) is 13.4. The molecule has 0 amide bonds. The smallest absolute Gasteiger partial charge is 0.115 e. The number of nitrogens with two attached hydrogens (primary N) is 2. The van der Waals surface area contributed by atoms with Crippen molar-refractivity contribution < 1.29 is 4.57 Å². The highest BCUT2D eigenvalue weighted by atomic mass is 31.2. The molecular weight excluding hydrogens is 219 g/mol. The van der Waals surface area contributed by atoms with Crippen LogP contribution in [0, 0.1) is 0 Å². The fourth-order valence-electron chi connectivity index (χ4n) is 1.76. The van der Waals surface area contributed by atoms with E-state index >= 15 is 0 Å². The van der Waals surface area contributed by atoms with E-state index in [-0.39, 0.29) is 0 Å². The van der Waals surface area contributed by atoms with Crippen molar-refractivity contribution in [2.75, 3.05) is 25.4 Å². The Labute approximate surface area is 97.6 Å². The quantitative estimate of drug-likeness (QED) is 0.707. The van der Waals surface area contributed by atoms with E-state index in [0.29, 0.717) is 25.4 Å². The maximum absolute atomic E-state index is 12.8. The predicted octanol–water partition coefficient (Wildman–Crippen LogP) is 1.37. The Morgan fingerprint density at radius 2 is 1.44 bits per heavy atom. The zero-order valence-corrected chi connectivity index (χ0v) is 10.5. The lowest BCUT2D eigenvalue weighted by atomic mass is 10.4. The summed E-state index contributed by atoms with van der Waals surface area (Å²) in [5.74, 6) is 0. The second-order valence-corrected chi connectivity index (χ2v) is 7.15. The average molecular weight is 240 g/mol. The van der Waals surface area contributed by atoms with Gasteiger partial charge in [-0.1, -0.05) is 30.3 Å². The van der Waals surface area contributed by atoms with E-state index in [1.54, 1.807) is 0 Å². The molecule has 0 radical (unpaired) electrons. The minimum atomic E-state index is -2.26. The van der Waals surface area contributed by atoms with Crippen LogP contribution in [0.3, 0.4) is 0 Å². The molecule has 1 aromatic rings. The molecule has 16 heavy (non-hydrogen) atoms. The van der Waals surface area contributed by atoms with Gasteiger partial charge in [0.25, 0.3) is 0 Å². The molecular formula is C12H21N2OP. The molecule has 3 nitrogen and oxygen atoms in total. The third-order valence-electron chi connectivity index (χ3n) is 2.67. The number of hydrogen-bond donors (Lipinski definition) is 2. The van der Waals surface area contributed by atoms with Crippen molar-refractivity contribution in [3.8, 4) is 0 Å². The Hall–Kier alpha value is -0.630. The van der Waals surface area contributed by atoms with Crippen LogP contribution in [0.4, 0.5) is 0 Å². The summed E-state index contributed by atoms with van der Waals surface area (Å²) in [6.07, 6.45) is 3.04. The van der Waals surface area contributed by atoms with Crippen LogP contribution in [0.2, 0.25) is 0 Å². The first-order valence-corrected chi connectivity index (χ1v) is 7.84. The first-order valence-electron chi connectivity index (χ1n) is 5.77. The summed E-state index contributed by atoms with van der Waals surface area (Å²) in [4.78, 5) is 0. The Balaban J connectivity index is 2.82. The van der Waals surface area contributed by atoms with Gasteiger partial charge in [-0.05, 0) is 25.9 Å². The average Bonchev–Trinajstić information content (AvgIpc) is 2.35. The maximum atomic E-state index is 12.8. The molecule has 0 aliphatic rings. The van der Waals surface area contributed by atoms with Gasteiger partial charge in [-0.15, -0.1) is 0 Å². The zero-order chi connectivity index (χ0) is 11.9. The van der Waals surface area contributed by atoms with Gasteiger partial charge in [-0.3, -0.25) is 0 Å². The predicted molar refractivity (Wildman–Crippen MR) is 70.8 cm³/mol. The van der Waals surface area contributed by atoms with Gasteiger partial charge in [0, 0.05) is 17.6 Å². The zero-order valence-electron chi connectivity index (χ0n) is 9.64. The van der Waals surface area contributed by atoms with E-state index in [4.69, 9.17) is 11.5 Å². The van der Waals surface area contributed by atoms with E-state index < -0.39 is 7.14 Å². The van der Waals surface area contributed by atoms with Crippen LogP contribution < -0.4 is 16.8 Å². The lowest BCUT2D eigenvalue weighted by Crippen LogP contribution is -2.15. The van der Waals surface area contributed by atoms with Gasteiger partial charge < -0.3 is 16.0 Å². The number of hydrogen-bond acceptors (Lipinski definition) is 3. The molecule has 1 rings (SSSR count). The van der Waals surface area contributed by atoms with Crippen molar-refractivity contribution in [1.82, 2.24) is 0 Å². The summed E-state index contributed by atoms with van der Waals surface area (Å²) in [6, 6.07) is 9.72. The summed E-state index contributed by atoms with van der Waals surface area (Å²) in [7, 11) is -2.26. The Morgan fingerprint density at radius 1 is 0.938 bits per heavy atom. The third kappa shape index (κ3) is 3.75. The second kappa shape index (κ2) is 6.85. The monoisotopic (exact) mass is 240 g/mol. The van der Waals surface area contributed by atoms with Crippen molar-refractivity contribution in [3.05, 3.63) is 30.3 Å². The van der Waals surface area contributed by atoms with Gasteiger partial charge in [0.2, 0.25) is 0 Å². The van der Waals surface area contributed by atoms with Crippen LogP contribution in [0.1, 0.15) is 12.8 Å². The van der Waals surface area contributed by atoms with E-state index in [1.165, 1.54) is 0 Å². The van der Waals surface area contributed by atoms with Gasteiger partial charge in [0.15, 0.2) is 0 Å². The highest BCUT2D eigenvalue weighted by Gasteiger charge is 2.22. The fourth-order valence-corrected chi connectivity index (χ4v) is 4.61. The Morgan fingerprint density at radius 3 is 1.88 bits per heavy atom. The van der Waals surface area contributed by atoms with Crippen molar-refractivity contribution in [2.24, 2.45) is 11.5 Å². The minimum absolute atomic E-state index is 0.597. The van der Waals surface area contributed by atoms with Crippen LogP contribution in [-0.2, 0) is 4.57 Å². The molecule has 0 fully saturated rings. The Bertz CT molecular complexity index is 328. The lowest BCUT2D eigenvalue weighted by molar-refractivity contribution is 0.578. The van der Waals surface area contributed by atoms with Crippen LogP contribution in [0.25, 0.3) is 0 Å². The van der Waals surface area contributed by atoms with E-state index in [1.807, 2.05) is 30.3 Å². The standard InChI is InChI=1S/C12H21N2OP/c13-8-4-10-16(15,11-5-9-14)12-6-2-1-3-7-12/h1-3,6-7H,4-5,8-11,13-14H2. The van der Waals surface area contributed by atoms with Crippen LogP contribution in [0.15, 0.2) is 30.3 Å². The molecule has 0 aliphatic carbocycles. The fraction of sp³-hybridized carbons (Fsp3) is 0.500. The molecule has 0 saturated heterocycles. The van der Waals surface area contributed by atoms with Gasteiger partial charge >= 0.3 is 0 Å². The molecule has 0 saturated carbocycles. The number of rotatable bonds is 7. The molecule has 0 bridgehead atoms. The largest absolute Gasteiger partial charge is 0.330 e. The molecule has 0 aromatic heterocycles. The van der Waals surface area contributed by atoms with Crippen molar-refractivity contribution in [2.45, 2.75) is 12.8 Å². The third-order valence-corrected chi connectivity index (χ3v) is 5.99. The van der Waals surface area contributed by atoms with Gasteiger partial charge in [-0.25, -0.2) is 0 Å². The molecule has 0 heterocycles. The van der Waals surface area contributed by atoms with E-state index in [9.17, 15) is 4.57 Å². The second-order valence-electron chi connectivity index (χ2n) is 3.96. The van der Waals surface area contributed by atoms with Gasteiger partial charge in [0.1, 0.15) is 7.14 Å². The minimum Gasteiger partial charge on any atom is -0.330 e. The van der Waals surface area contributed by atoms with Gasteiger partial charge in [-0.2, -0.15) is 0 Å². The van der Waals surface area contributed by atoms with Crippen LogP contribution in [-0.4, -0.2) is 25.4 Å². The summed E-state index contributed by atoms with van der Waals surface area (Å²) >= 11 is 0. The molecule has 4 N–H and O–H groups in total. The molecule has 0 atom stereocenters. The summed E-state index contributed by atoms with van der Waals surface area (Å²) in [5, 5.41) is 0.969. The molecule has 90 valence electrons. The van der Waals surface area contributed by atoms with Crippen molar-refractivity contribution in [1.29, 1.82) is 0 Å². The molecule has 0 unspecified atom stereocenters. The van der Waals surface area contributed by atoms with E-state index in [0.717, 1.165) is 18.1 Å². The topological polar surface area (TPSA) is 69.1 Å². The molecule has 0 spiro atoms. The maximum Gasteiger partial charge on any atom is 0.115 e. The Kier molecular flexibility index (Phi) is 5.75. The normalized spacial score (nSPS) is 11.6. The highest BCUT2D eigenvalue weighted by Crippen LogP contribution is 2.45. The highest BCUT2D eigenvalue weighted by molar-refractivity contribution is 7.71. The van der Waals surface area contributed by atoms with Crippen LogP contribution in [0.5, 0.6) is 0 Å². The SMILES string of the molecule is NCCCP(=O)(CCCN)c1ccccc1. The van der Waals surface area contributed by atoms with Gasteiger partial charge in [0.05, 0.1) is 0 Å². The summed E-state index contributed by atoms with van der Waals surface area (Å²) in [6.45, 7) is 1.19. The molecule has 0 aliphatic heterocycles. The first-order chi connectivity index (χ1) is 7.73. The van der Waals surface area contributed by atoms with Crippen LogP contribution >= 0.6 is 7.14 Å². The van der Waals surface area contributed by atoms with Crippen molar-refractivity contribution in [3.63, 3.8) is 0 Å². The summed E-state index contributed by atoms with van der Waals surface area (Å²) < 4.78 is 12.8. The van der Waals surface area contributed by atoms with Crippen molar-refractivity contribution >= 4 is 12.4 Å².